The van der Waals surface area contributed by atoms with Crippen molar-refractivity contribution in [2.75, 3.05) is 12.4 Å². The summed E-state index contributed by atoms with van der Waals surface area (Å²) in [6.07, 6.45) is 1.09. The number of nitrogens with one attached hydrogen (secondary N) is 2. The number of hydrogen-bond acceptors (Lipinski definition) is 4. The second kappa shape index (κ2) is 8.13. The molecule has 0 spiro atoms. The van der Waals surface area contributed by atoms with Gasteiger partial charge in [-0.2, -0.15) is 0 Å². The quantitative estimate of drug-likeness (QED) is 0.808. The van der Waals surface area contributed by atoms with Gasteiger partial charge in [0.1, 0.15) is 11.9 Å². The molecule has 2 N–H and O–H groups in total. The van der Waals surface area contributed by atoms with Crippen molar-refractivity contribution in [1.29, 1.82) is 0 Å². The van der Waals surface area contributed by atoms with E-state index in [-0.39, 0.29) is 12.1 Å². The molecule has 3 atom stereocenters. The molecule has 2 aromatic carbocycles. The molecule has 26 heavy (non-hydrogen) atoms. The molecule has 1 unspecified atom stereocenters. The fourth-order valence-corrected chi connectivity index (χ4v) is 3.31. The van der Waals surface area contributed by atoms with Crippen molar-refractivity contribution in [1.82, 2.24) is 5.32 Å². The van der Waals surface area contributed by atoms with Crippen LogP contribution in [-0.2, 0) is 4.74 Å². The number of carbonyl (C=O) groups excluding carboxylic acids is 1. The first-order chi connectivity index (χ1) is 12.6. The Labute approximate surface area is 154 Å². The minimum absolute atomic E-state index is 0.109. The van der Waals surface area contributed by atoms with Crippen molar-refractivity contribution in [2.45, 2.75) is 44.9 Å². The van der Waals surface area contributed by atoms with E-state index in [0.29, 0.717) is 6.04 Å². The Morgan fingerprint density at radius 2 is 2.04 bits per heavy atom. The van der Waals surface area contributed by atoms with Crippen LogP contribution in [0.2, 0.25) is 0 Å². The lowest BCUT2D eigenvalue weighted by Crippen LogP contribution is -2.37. The van der Waals surface area contributed by atoms with Gasteiger partial charge in [0.05, 0.1) is 13.2 Å². The molecule has 5 nitrogen and oxygen atoms in total. The number of anilines is 1. The fourth-order valence-electron chi connectivity index (χ4n) is 3.31. The summed E-state index contributed by atoms with van der Waals surface area (Å²) in [5, 5.41) is 6.55. The molecule has 1 aliphatic heterocycles. The van der Waals surface area contributed by atoms with Crippen LogP contribution in [0, 0.1) is 0 Å². The van der Waals surface area contributed by atoms with Crippen LogP contribution in [0.5, 0.6) is 5.75 Å². The van der Waals surface area contributed by atoms with E-state index >= 15 is 0 Å². The van der Waals surface area contributed by atoms with E-state index in [2.05, 4.69) is 17.6 Å². The monoisotopic (exact) mass is 354 g/mol. The zero-order valence-electron chi connectivity index (χ0n) is 15.5. The van der Waals surface area contributed by atoms with Gasteiger partial charge in [-0.25, -0.2) is 4.79 Å². The van der Waals surface area contributed by atoms with Crippen LogP contribution in [-0.4, -0.2) is 19.2 Å². The van der Waals surface area contributed by atoms with E-state index in [1.54, 1.807) is 7.11 Å². The number of benzene rings is 2. The summed E-state index contributed by atoms with van der Waals surface area (Å²) < 4.78 is 10.9. The summed E-state index contributed by atoms with van der Waals surface area (Å²) in [5.74, 6) is 0.776. The smallest absolute Gasteiger partial charge is 0.408 e. The molecule has 1 amide bonds. The molecule has 3 rings (SSSR count). The first-order valence-electron chi connectivity index (χ1n) is 9.07. The zero-order chi connectivity index (χ0) is 18.5. The molecule has 0 aliphatic carbocycles. The molecule has 0 saturated carbocycles. The predicted octanol–water partition coefficient (Wildman–Crippen LogP) is 4.82. The van der Waals surface area contributed by atoms with Gasteiger partial charge >= 0.3 is 6.09 Å². The Bertz CT molecular complexity index is 748. The molecular formula is C21H26N2O3. The first-order valence-corrected chi connectivity index (χ1v) is 9.07. The zero-order valence-corrected chi connectivity index (χ0v) is 15.5. The highest BCUT2D eigenvalue weighted by molar-refractivity contribution is 5.70. The second-order valence-electron chi connectivity index (χ2n) is 6.59. The molecule has 0 bridgehead atoms. The van der Waals surface area contributed by atoms with Crippen LogP contribution >= 0.6 is 0 Å². The molecule has 5 heteroatoms. The Morgan fingerprint density at radius 1 is 1.27 bits per heavy atom. The molecule has 0 fully saturated rings. The lowest BCUT2D eigenvalue weighted by molar-refractivity contribution is 0.103. The summed E-state index contributed by atoms with van der Waals surface area (Å²) in [6, 6.07) is 15.8. The number of ether oxygens (including phenoxy) is 2. The van der Waals surface area contributed by atoms with E-state index in [4.69, 9.17) is 9.47 Å². The summed E-state index contributed by atoms with van der Waals surface area (Å²) >= 11 is 0. The number of alkyl carbamates (subject to hydrolysis) is 1. The molecule has 0 radical (unpaired) electrons. The molecular weight excluding hydrogens is 328 g/mol. The van der Waals surface area contributed by atoms with Crippen LogP contribution in [0.15, 0.2) is 48.5 Å². The number of carbonyl (C=O) groups is 1. The van der Waals surface area contributed by atoms with E-state index in [0.717, 1.165) is 35.4 Å². The van der Waals surface area contributed by atoms with E-state index < -0.39 is 6.09 Å². The normalized spacial score (nSPS) is 19.7. The molecule has 1 aliphatic rings. The van der Waals surface area contributed by atoms with Gasteiger partial charge in [0, 0.05) is 17.3 Å². The summed E-state index contributed by atoms with van der Waals surface area (Å²) in [4.78, 5) is 12.5. The van der Waals surface area contributed by atoms with Crippen LogP contribution in [0.25, 0.3) is 0 Å². The highest BCUT2D eigenvalue weighted by Crippen LogP contribution is 2.36. The standard InChI is InChI=1S/C21H26N2O3/c1-4-16-12-20(18-13-17(25-3)10-11-19(18)22-16)23-21(24)26-14(2)15-8-6-5-7-9-15/h5-11,13-14,16,20,22H,4,12H2,1-3H3,(H,23,24)/t14?,16-,20+/m1/s1. The lowest BCUT2D eigenvalue weighted by atomic mass is 9.91. The Morgan fingerprint density at radius 3 is 2.73 bits per heavy atom. The minimum Gasteiger partial charge on any atom is -0.497 e. The van der Waals surface area contributed by atoms with Gasteiger partial charge in [-0.15, -0.1) is 0 Å². The van der Waals surface area contributed by atoms with Crippen LogP contribution in [0.1, 0.15) is 50.0 Å². The second-order valence-corrected chi connectivity index (χ2v) is 6.59. The fraction of sp³-hybridized carbons (Fsp3) is 0.381. The largest absolute Gasteiger partial charge is 0.497 e. The van der Waals surface area contributed by atoms with Gasteiger partial charge in [0.15, 0.2) is 0 Å². The predicted molar refractivity (Wildman–Crippen MR) is 103 cm³/mol. The maximum absolute atomic E-state index is 12.5. The van der Waals surface area contributed by atoms with Gasteiger partial charge in [-0.05, 0) is 43.5 Å². The third kappa shape index (κ3) is 4.10. The highest BCUT2D eigenvalue weighted by atomic mass is 16.6. The molecule has 2 aromatic rings. The van der Waals surface area contributed by atoms with Gasteiger partial charge < -0.3 is 20.1 Å². The van der Waals surface area contributed by atoms with E-state index in [1.807, 2.05) is 55.5 Å². The van der Waals surface area contributed by atoms with Crippen molar-refractivity contribution in [2.24, 2.45) is 0 Å². The summed E-state index contributed by atoms with van der Waals surface area (Å²) in [6.45, 7) is 4.02. The van der Waals surface area contributed by atoms with Crippen molar-refractivity contribution < 1.29 is 14.3 Å². The number of methoxy groups -OCH3 is 1. The number of hydrogen-bond donors (Lipinski definition) is 2. The number of amides is 1. The number of fused-ring (bicyclic) bond motifs is 1. The van der Waals surface area contributed by atoms with Crippen LogP contribution < -0.4 is 15.4 Å². The van der Waals surface area contributed by atoms with Gasteiger partial charge in [0.25, 0.3) is 0 Å². The van der Waals surface area contributed by atoms with Gasteiger partial charge in [0.2, 0.25) is 0 Å². The van der Waals surface area contributed by atoms with Crippen molar-refractivity contribution in [3.63, 3.8) is 0 Å². The van der Waals surface area contributed by atoms with Crippen LogP contribution in [0.3, 0.4) is 0 Å². The third-order valence-electron chi connectivity index (χ3n) is 4.85. The third-order valence-corrected chi connectivity index (χ3v) is 4.85. The molecule has 0 saturated heterocycles. The van der Waals surface area contributed by atoms with Gasteiger partial charge in [-0.1, -0.05) is 37.3 Å². The van der Waals surface area contributed by atoms with Crippen molar-refractivity contribution in [3.05, 3.63) is 59.7 Å². The topological polar surface area (TPSA) is 59.6 Å². The van der Waals surface area contributed by atoms with Crippen molar-refractivity contribution >= 4 is 11.8 Å². The maximum atomic E-state index is 12.5. The SMILES string of the molecule is CC[C@@H]1C[C@H](NC(=O)OC(C)c2ccccc2)c2cc(OC)ccc2N1. The van der Waals surface area contributed by atoms with Crippen molar-refractivity contribution in [3.8, 4) is 5.75 Å². The average molecular weight is 354 g/mol. The Balaban J connectivity index is 1.73. The molecule has 1 heterocycles. The summed E-state index contributed by atoms with van der Waals surface area (Å²) in [5.41, 5.74) is 3.03. The number of rotatable bonds is 5. The van der Waals surface area contributed by atoms with Gasteiger partial charge in [-0.3, -0.25) is 0 Å². The summed E-state index contributed by atoms with van der Waals surface area (Å²) in [7, 11) is 1.64. The lowest BCUT2D eigenvalue weighted by Gasteiger charge is -2.33. The first kappa shape index (κ1) is 18.1. The minimum atomic E-state index is -0.406. The molecule has 0 aromatic heterocycles. The average Bonchev–Trinajstić information content (AvgIpc) is 2.68. The Kier molecular flexibility index (Phi) is 5.66. The Hall–Kier alpha value is -2.69. The van der Waals surface area contributed by atoms with Crippen LogP contribution in [0.4, 0.5) is 10.5 Å². The van der Waals surface area contributed by atoms with E-state index in [9.17, 15) is 4.79 Å². The van der Waals surface area contributed by atoms with E-state index in [1.165, 1.54) is 0 Å². The highest BCUT2D eigenvalue weighted by Gasteiger charge is 2.28. The molecule has 138 valence electrons. The maximum Gasteiger partial charge on any atom is 0.408 e.